The maximum absolute atomic E-state index is 14.5. The summed E-state index contributed by atoms with van der Waals surface area (Å²) >= 11 is 0. The molecule has 0 spiro atoms. The van der Waals surface area contributed by atoms with E-state index in [1.165, 1.54) is 18.2 Å². The minimum absolute atomic E-state index is 0.00429. The third-order valence-corrected chi connectivity index (χ3v) is 10.9. The number of fused-ring (bicyclic) bond motifs is 6. The van der Waals surface area contributed by atoms with Crippen LogP contribution in [0.15, 0.2) is 69.6 Å². The van der Waals surface area contributed by atoms with Gasteiger partial charge in [-0.1, -0.05) is 42.5 Å². The zero-order valence-electron chi connectivity index (χ0n) is 30.8. The predicted octanol–water partition coefficient (Wildman–Crippen LogP) is -0.246. The van der Waals surface area contributed by atoms with Crippen molar-refractivity contribution in [3.63, 3.8) is 0 Å². The van der Waals surface area contributed by atoms with Crippen LogP contribution in [0.3, 0.4) is 0 Å². The summed E-state index contributed by atoms with van der Waals surface area (Å²) in [5, 5.41) is 55.2. The standard InChI is InChI=1S/C40H39N5O13/c41-39-43-36-29(37(53)44-39)42-18-45(36)26-8-4-3-5-21(26)20-10-14-55-17-27-32(51)35(52)40(54,11-13-47)38(57-27)58-33-24(20)15-25-28(34(33)56-16-19(48)9-12-46)31(50)23-7-2-1-6-22(23)30(25)49/h1-8,12,15,19-20,27,32,35,38,47-48,51-52,54H,9-11,13-14,16-18H2,(H2,41,44,53)/t19-,20+,27+,32+,35-,38-,40+/m1/s1. The zero-order chi connectivity index (χ0) is 40.9. The highest BCUT2D eigenvalue weighted by Gasteiger charge is 2.57. The van der Waals surface area contributed by atoms with Crippen molar-refractivity contribution < 1.29 is 63.7 Å². The van der Waals surface area contributed by atoms with Crippen LogP contribution in [-0.2, 0) is 19.1 Å². The fourth-order valence-corrected chi connectivity index (χ4v) is 7.99. The first-order chi connectivity index (χ1) is 28.0. The number of anilines is 1. The molecule has 18 heteroatoms. The number of carbonyl (C=O) groups excluding carboxylic acids is 4. The molecule has 7 N–H and O–H groups in total. The molecule has 3 aromatic rings. The average Bonchev–Trinajstić information content (AvgIpc) is 3.63. The number of ketones is 2. The number of hydrogen-bond acceptors (Lipinski definition) is 17. The molecule has 0 unspecified atom stereocenters. The minimum atomic E-state index is -2.46. The Morgan fingerprint density at radius 1 is 1.02 bits per heavy atom. The van der Waals surface area contributed by atoms with Crippen molar-refractivity contribution in [1.82, 2.24) is 0 Å². The molecule has 0 saturated carbocycles. The summed E-state index contributed by atoms with van der Waals surface area (Å²) in [4.78, 5) is 67.1. The molecule has 8 rings (SSSR count). The highest BCUT2D eigenvalue weighted by atomic mass is 16.7. The van der Waals surface area contributed by atoms with Crippen LogP contribution in [0.1, 0.15) is 68.2 Å². The molecule has 1 saturated heterocycles. The van der Waals surface area contributed by atoms with Crippen LogP contribution in [0.5, 0.6) is 11.5 Å². The van der Waals surface area contributed by atoms with Crippen LogP contribution in [0.4, 0.5) is 5.69 Å². The van der Waals surface area contributed by atoms with E-state index >= 15 is 0 Å². The summed E-state index contributed by atoms with van der Waals surface area (Å²) in [7, 11) is 0. The Morgan fingerprint density at radius 3 is 2.52 bits per heavy atom. The van der Waals surface area contributed by atoms with Crippen molar-refractivity contribution in [1.29, 1.82) is 0 Å². The summed E-state index contributed by atoms with van der Waals surface area (Å²) in [6.07, 6.45) is -8.37. The van der Waals surface area contributed by atoms with Gasteiger partial charge >= 0.3 is 5.91 Å². The largest absolute Gasteiger partial charge is 0.486 e. The normalized spacial score (nSPS) is 27.1. The monoisotopic (exact) mass is 797 g/mol. The van der Waals surface area contributed by atoms with E-state index in [4.69, 9.17) is 24.7 Å². The molecule has 302 valence electrons. The van der Waals surface area contributed by atoms with Crippen molar-refractivity contribution in [2.45, 2.75) is 61.5 Å². The van der Waals surface area contributed by atoms with Gasteiger partial charge in [0.15, 0.2) is 40.2 Å². The first kappa shape index (κ1) is 39.1. The second-order valence-corrected chi connectivity index (χ2v) is 14.4. The SMILES string of the molecule is NC1=NC(=O)C2=NCN(c3ccccc3[C@@H]3CCOC[C@@H]4O[C@H](Oc5c3cc3c(c5OC[C@H](O)CC=O)C(=O)c5ccccc5C3=O)[C@](O)(CCO)[C@H](O)[C@H]4O)C2=N1. The van der Waals surface area contributed by atoms with Crippen LogP contribution in [0, 0.1) is 0 Å². The van der Waals surface area contributed by atoms with Crippen molar-refractivity contribution in [2.75, 3.05) is 38.0 Å². The van der Waals surface area contributed by atoms with Gasteiger partial charge in [-0.25, -0.2) is 0 Å². The molecule has 4 aliphatic heterocycles. The summed E-state index contributed by atoms with van der Waals surface area (Å²) in [5.74, 6) is -3.35. The fourth-order valence-electron chi connectivity index (χ4n) is 7.99. The van der Waals surface area contributed by atoms with E-state index in [-0.39, 0.29) is 89.5 Å². The summed E-state index contributed by atoms with van der Waals surface area (Å²) in [5.41, 5.74) is 4.57. The second kappa shape index (κ2) is 15.6. The molecule has 4 heterocycles. The Balaban J connectivity index is 1.39. The van der Waals surface area contributed by atoms with Crippen molar-refractivity contribution >= 4 is 47.0 Å². The quantitative estimate of drug-likeness (QED) is 0.119. The van der Waals surface area contributed by atoms with Gasteiger partial charge in [-0.05, 0) is 24.1 Å². The van der Waals surface area contributed by atoms with E-state index in [1.54, 1.807) is 41.3 Å². The van der Waals surface area contributed by atoms with Gasteiger partial charge in [-0.15, -0.1) is 0 Å². The Hall–Kier alpha value is -5.73. The number of nitrogens with two attached hydrogens (primary N) is 1. The first-order valence-electron chi connectivity index (χ1n) is 18.6. The van der Waals surface area contributed by atoms with E-state index in [9.17, 15) is 44.7 Å². The van der Waals surface area contributed by atoms with Gasteiger partial charge in [0.2, 0.25) is 12.2 Å². The molecule has 2 bridgehead atoms. The predicted molar refractivity (Wildman–Crippen MR) is 202 cm³/mol. The molecule has 0 radical (unpaired) electrons. The summed E-state index contributed by atoms with van der Waals surface area (Å²) in [6.45, 7) is -1.56. The summed E-state index contributed by atoms with van der Waals surface area (Å²) in [6, 6.07) is 14.7. The molecular formula is C40H39N5O13. The van der Waals surface area contributed by atoms with Crippen molar-refractivity contribution in [2.24, 2.45) is 20.7 Å². The fraction of sp³-hybridized carbons (Fsp3) is 0.375. The van der Waals surface area contributed by atoms with Crippen LogP contribution in [0.2, 0.25) is 0 Å². The molecule has 1 amide bonds. The lowest BCUT2D eigenvalue weighted by Crippen LogP contribution is -2.68. The zero-order valence-corrected chi connectivity index (χ0v) is 30.8. The van der Waals surface area contributed by atoms with E-state index < -0.39 is 79.3 Å². The van der Waals surface area contributed by atoms with Crippen LogP contribution in [-0.4, -0.2) is 136 Å². The van der Waals surface area contributed by atoms with Crippen LogP contribution < -0.4 is 20.1 Å². The van der Waals surface area contributed by atoms with Crippen molar-refractivity contribution in [3.05, 3.63) is 88.0 Å². The molecule has 58 heavy (non-hydrogen) atoms. The van der Waals surface area contributed by atoms with Gasteiger partial charge in [0.25, 0.3) is 0 Å². The second-order valence-electron chi connectivity index (χ2n) is 14.4. The number of amides is 1. The van der Waals surface area contributed by atoms with Crippen molar-refractivity contribution in [3.8, 4) is 11.5 Å². The number of guanidine groups is 1. The van der Waals surface area contributed by atoms with Gasteiger partial charge < -0.3 is 59.9 Å². The lowest BCUT2D eigenvalue weighted by molar-refractivity contribution is -0.324. The average molecular weight is 798 g/mol. The smallest absolute Gasteiger partial charge is 0.302 e. The number of hydrogen-bond donors (Lipinski definition) is 6. The van der Waals surface area contributed by atoms with Gasteiger partial charge in [-0.3, -0.25) is 19.4 Å². The number of nitrogens with zero attached hydrogens (tertiary/aromatic N) is 4. The third-order valence-electron chi connectivity index (χ3n) is 10.9. The maximum Gasteiger partial charge on any atom is 0.302 e. The lowest BCUT2D eigenvalue weighted by atomic mass is 9.78. The number of aliphatic hydroxyl groups is 5. The van der Waals surface area contributed by atoms with Gasteiger partial charge in [0.1, 0.15) is 37.9 Å². The molecule has 0 aromatic heterocycles. The highest BCUT2D eigenvalue weighted by Crippen LogP contribution is 2.50. The van der Waals surface area contributed by atoms with E-state index in [1.807, 2.05) is 0 Å². The molecular weight excluding hydrogens is 758 g/mol. The molecule has 7 atom stereocenters. The van der Waals surface area contributed by atoms with E-state index in [2.05, 4.69) is 15.0 Å². The molecule has 1 fully saturated rings. The van der Waals surface area contributed by atoms with Crippen LogP contribution >= 0.6 is 0 Å². The Kier molecular flexibility index (Phi) is 10.5. The Bertz CT molecular complexity index is 2290. The molecule has 1 aliphatic carbocycles. The number of amidine groups is 1. The number of aliphatic hydroxyl groups excluding tert-OH is 4. The minimum Gasteiger partial charge on any atom is -0.486 e. The molecule has 3 aromatic carbocycles. The third kappa shape index (κ3) is 6.57. The van der Waals surface area contributed by atoms with Gasteiger partial charge in [-0.2, -0.15) is 9.98 Å². The maximum atomic E-state index is 14.5. The molecule has 18 nitrogen and oxygen atoms in total. The summed E-state index contributed by atoms with van der Waals surface area (Å²) < 4.78 is 25.0. The number of benzene rings is 3. The first-order valence-corrected chi connectivity index (χ1v) is 18.6. The number of aliphatic imine (C=N–C) groups is 3. The van der Waals surface area contributed by atoms with Gasteiger partial charge in [0.05, 0.1) is 18.3 Å². The number of aldehydes is 1. The Labute approximate surface area is 329 Å². The number of rotatable bonds is 9. The Morgan fingerprint density at radius 2 is 1.76 bits per heavy atom. The van der Waals surface area contributed by atoms with Crippen LogP contribution in [0.25, 0.3) is 0 Å². The topological polar surface area (TPSA) is 273 Å². The van der Waals surface area contributed by atoms with Gasteiger partial charge in [0, 0.05) is 59.9 Å². The van der Waals surface area contributed by atoms with E-state index in [0.717, 1.165) is 0 Å². The van der Waals surface area contributed by atoms with E-state index in [0.29, 0.717) is 17.5 Å². The number of ether oxygens (including phenoxy) is 4. The molecule has 5 aliphatic rings. The number of para-hydroxylation sites is 1. The number of carbonyl (C=O) groups is 4. The lowest BCUT2D eigenvalue weighted by Gasteiger charge is -2.47. The highest BCUT2D eigenvalue weighted by molar-refractivity contribution is 6.72.